The first kappa shape index (κ1) is 13.3. The van der Waals surface area contributed by atoms with E-state index in [0.29, 0.717) is 5.82 Å². The van der Waals surface area contributed by atoms with Crippen LogP contribution >= 0.6 is 0 Å². The van der Waals surface area contributed by atoms with Gasteiger partial charge < -0.3 is 25.0 Å². The second-order valence-electron chi connectivity index (χ2n) is 4.51. The standard InChI is InChI=1S/C11H16N4O4/c1-14-3-2-12-9(14)5-13-11(19)15-6-7(16)4-8(15)10(17)18/h2-3,7-8,16H,4-6H2,1H3,(H,13,19)(H,17,18)/t7-,8+/m1/s1. The van der Waals surface area contributed by atoms with Gasteiger partial charge >= 0.3 is 12.0 Å². The lowest BCUT2D eigenvalue weighted by Gasteiger charge is -2.21. The van der Waals surface area contributed by atoms with E-state index in [4.69, 9.17) is 5.11 Å². The number of nitrogens with zero attached hydrogens (tertiary/aromatic N) is 3. The van der Waals surface area contributed by atoms with Crippen LogP contribution < -0.4 is 5.32 Å². The normalized spacial score (nSPS) is 22.5. The molecule has 8 nitrogen and oxygen atoms in total. The number of aliphatic hydroxyl groups excluding tert-OH is 1. The summed E-state index contributed by atoms with van der Waals surface area (Å²) >= 11 is 0. The quantitative estimate of drug-likeness (QED) is 0.662. The first-order chi connectivity index (χ1) is 8.99. The molecule has 19 heavy (non-hydrogen) atoms. The van der Waals surface area contributed by atoms with Gasteiger partial charge in [0, 0.05) is 32.4 Å². The van der Waals surface area contributed by atoms with E-state index in [2.05, 4.69) is 10.3 Å². The summed E-state index contributed by atoms with van der Waals surface area (Å²) in [7, 11) is 1.80. The fourth-order valence-corrected chi connectivity index (χ4v) is 2.10. The van der Waals surface area contributed by atoms with Crippen molar-refractivity contribution in [1.29, 1.82) is 0 Å². The third kappa shape index (κ3) is 2.84. The summed E-state index contributed by atoms with van der Waals surface area (Å²) in [5, 5.41) is 21.1. The number of aromatic nitrogens is 2. The Labute approximate surface area is 109 Å². The number of nitrogens with one attached hydrogen (secondary N) is 1. The summed E-state index contributed by atoms with van der Waals surface area (Å²) in [6, 6.07) is -1.48. The van der Waals surface area contributed by atoms with Crippen LogP contribution in [0.1, 0.15) is 12.2 Å². The minimum atomic E-state index is -1.11. The number of hydrogen-bond acceptors (Lipinski definition) is 4. The van der Waals surface area contributed by atoms with Crippen molar-refractivity contribution < 1.29 is 19.8 Å². The van der Waals surface area contributed by atoms with Crippen LogP contribution in [-0.4, -0.2) is 55.4 Å². The van der Waals surface area contributed by atoms with Gasteiger partial charge in [0.05, 0.1) is 12.6 Å². The molecule has 0 unspecified atom stereocenters. The molecule has 1 fully saturated rings. The molecule has 0 saturated carbocycles. The van der Waals surface area contributed by atoms with Gasteiger partial charge in [-0.1, -0.05) is 0 Å². The van der Waals surface area contributed by atoms with Gasteiger partial charge in [-0.3, -0.25) is 0 Å². The maximum absolute atomic E-state index is 11.9. The van der Waals surface area contributed by atoms with Crippen molar-refractivity contribution in [1.82, 2.24) is 19.8 Å². The lowest BCUT2D eigenvalue weighted by molar-refractivity contribution is -0.141. The molecule has 2 atom stereocenters. The van der Waals surface area contributed by atoms with Gasteiger partial charge in [-0.2, -0.15) is 0 Å². The predicted molar refractivity (Wildman–Crippen MR) is 64.2 cm³/mol. The smallest absolute Gasteiger partial charge is 0.326 e. The number of aryl methyl sites for hydroxylation is 1. The number of aliphatic carboxylic acids is 1. The number of carboxylic acids is 1. The van der Waals surface area contributed by atoms with Gasteiger partial charge in [-0.25, -0.2) is 14.6 Å². The zero-order valence-corrected chi connectivity index (χ0v) is 10.5. The molecule has 2 heterocycles. The molecule has 0 bridgehead atoms. The molecule has 104 valence electrons. The number of rotatable bonds is 3. The Hall–Kier alpha value is -2.09. The third-order valence-corrected chi connectivity index (χ3v) is 3.14. The van der Waals surface area contributed by atoms with E-state index in [1.54, 1.807) is 24.0 Å². The van der Waals surface area contributed by atoms with Gasteiger partial charge in [0.25, 0.3) is 0 Å². The van der Waals surface area contributed by atoms with Gasteiger partial charge in [0.2, 0.25) is 0 Å². The largest absolute Gasteiger partial charge is 0.480 e. The highest BCUT2D eigenvalue weighted by molar-refractivity contribution is 5.83. The Morgan fingerprint density at radius 1 is 1.58 bits per heavy atom. The van der Waals surface area contributed by atoms with Crippen molar-refractivity contribution in [2.24, 2.45) is 7.05 Å². The maximum atomic E-state index is 11.9. The number of hydrogen-bond donors (Lipinski definition) is 3. The van der Waals surface area contributed by atoms with Gasteiger partial charge in [0.1, 0.15) is 11.9 Å². The SMILES string of the molecule is Cn1ccnc1CNC(=O)N1C[C@H](O)C[C@H]1C(=O)O. The molecule has 1 aliphatic rings. The minimum Gasteiger partial charge on any atom is -0.480 e. The fraction of sp³-hybridized carbons (Fsp3) is 0.545. The van der Waals surface area contributed by atoms with E-state index in [9.17, 15) is 14.7 Å². The second-order valence-corrected chi connectivity index (χ2v) is 4.51. The van der Waals surface area contributed by atoms with Gasteiger partial charge in [-0.05, 0) is 0 Å². The Balaban J connectivity index is 1.96. The zero-order valence-electron chi connectivity index (χ0n) is 10.5. The van der Waals surface area contributed by atoms with E-state index in [1.165, 1.54) is 0 Å². The van der Waals surface area contributed by atoms with Crippen LogP contribution in [0.3, 0.4) is 0 Å². The molecule has 0 radical (unpaired) electrons. The van der Waals surface area contributed by atoms with E-state index in [-0.39, 0.29) is 19.5 Å². The number of carbonyl (C=O) groups is 2. The van der Waals surface area contributed by atoms with E-state index in [1.807, 2.05) is 0 Å². The number of amides is 2. The Bertz CT molecular complexity index is 487. The lowest BCUT2D eigenvalue weighted by Crippen LogP contribution is -2.46. The number of β-amino-alcohol motifs (C(OH)–C–C–N with tert-alkyl or cyclic N) is 1. The molecule has 8 heteroatoms. The fourth-order valence-electron chi connectivity index (χ4n) is 2.10. The molecular weight excluding hydrogens is 252 g/mol. The van der Waals surface area contributed by atoms with Crippen molar-refractivity contribution in [3.8, 4) is 0 Å². The summed E-state index contributed by atoms with van der Waals surface area (Å²) in [6.45, 7) is 0.241. The van der Waals surface area contributed by atoms with Crippen molar-refractivity contribution in [2.45, 2.75) is 25.1 Å². The maximum Gasteiger partial charge on any atom is 0.326 e. The van der Waals surface area contributed by atoms with Crippen molar-refractivity contribution in [3.05, 3.63) is 18.2 Å². The molecule has 2 rings (SSSR count). The summed E-state index contributed by atoms with van der Waals surface area (Å²) in [4.78, 5) is 28.1. The van der Waals surface area contributed by atoms with Crippen LogP contribution in [0.2, 0.25) is 0 Å². The molecule has 0 spiro atoms. The zero-order chi connectivity index (χ0) is 14.0. The second kappa shape index (κ2) is 5.27. The summed E-state index contributed by atoms with van der Waals surface area (Å²) in [6.07, 6.45) is 2.63. The molecule has 1 aromatic heterocycles. The Morgan fingerprint density at radius 2 is 2.32 bits per heavy atom. The Kier molecular flexibility index (Phi) is 3.70. The number of carboxylic acid groups (broad SMARTS) is 1. The summed E-state index contributed by atoms with van der Waals surface area (Å²) < 4.78 is 1.76. The van der Waals surface area contributed by atoms with Crippen LogP contribution in [0.5, 0.6) is 0 Å². The summed E-state index contributed by atoms with van der Waals surface area (Å²) in [5.74, 6) is -0.441. The third-order valence-electron chi connectivity index (χ3n) is 3.14. The monoisotopic (exact) mass is 268 g/mol. The van der Waals surface area contributed by atoms with Crippen LogP contribution in [0.25, 0.3) is 0 Å². The van der Waals surface area contributed by atoms with Crippen molar-refractivity contribution in [2.75, 3.05) is 6.54 Å². The molecule has 1 aliphatic heterocycles. The van der Waals surface area contributed by atoms with E-state index in [0.717, 1.165) is 4.90 Å². The van der Waals surface area contributed by atoms with Gasteiger partial charge in [0.15, 0.2) is 0 Å². The average Bonchev–Trinajstić information content (AvgIpc) is 2.92. The van der Waals surface area contributed by atoms with Gasteiger partial charge in [-0.15, -0.1) is 0 Å². The van der Waals surface area contributed by atoms with Crippen LogP contribution in [0.15, 0.2) is 12.4 Å². The minimum absolute atomic E-state index is 0.0311. The number of urea groups is 1. The molecular formula is C11H16N4O4. The Morgan fingerprint density at radius 3 is 2.89 bits per heavy atom. The molecule has 0 aliphatic carbocycles. The number of imidazole rings is 1. The number of likely N-dealkylation sites (tertiary alicyclic amines) is 1. The highest BCUT2D eigenvalue weighted by Crippen LogP contribution is 2.18. The van der Waals surface area contributed by atoms with Crippen molar-refractivity contribution >= 4 is 12.0 Å². The van der Waals surface area contributed by atoms with Crippen LogP contribution in [0.4, 0.5) is 4.79 Å². The van der Waals surface area contributed by atoms with E-state index >= 15 is 0 Å². The topological polar surface area (TPSA) is 108 Å². The predicted octanol–water partition coefficient (Wildman–Crippen LogP) is -0.850. The molecule has 3 N–H and O–H groups in total. The molecule has 0 aromatic carbocycles. The first-order valence-corrected chi connectivity index (χ1v) is 5.90. The number of aliphatic hydroxyl groups is 1. The number of carbonyl (C=O) groups excluding carboxylic acids is 1. The van der Waals surface area contributed by atoms with Crippen LogP contribution in [0, 0.1) is 0 Å². The van der Waals surface area contributed by atoms with Crippen molar-refractivity contribution in [3.63, 3.8) is 0 Å². The first-order valence-electron chi connectivity index (χ1n) is 5.90. The van der Waals surface area contributed by atoms with E-state index < -0.39 is 24.1 Å². The molecule has 1 aromatic rings. The lowest BCUT2D eigenvalue weighted by atomic mass is 10.2. The highest BCUT2D eigenvalue weighted by atomic mass is 16.4. The highest BCUT2D eigenvalue weighted by Gasteiger charge is 2.38. The van der Waals surface area contributed by atoms with Crippen LogP contribution in [-0.2, 0) is 18.4 Å². The molecule has 1 saturated heterocycles. The summed E-state index contributed by atoms with van der Waals surface area (Å²) in [5.41, 5.74) is 0. The molecule has 2 amide bonds. The average molecular weight is 268 g/mol.